The summed E-state index contributed by atoms with van der Waals surface area (Å²) in [6, 6.07) is 7.09. The van der Waals surface area contributed by atoms with Crippen molar-refractivity contribution in [3.05, 3.63) is 48.0 Å². The molecule has 1 heterocycles. The number of anilines is 1. The van der Waals surface area contributed by atoms with Crippen LogP contribution in [0.5, 0.6) is 0 Å². The Morgan fingerprint density at radius 3 is 2.76 bits per heavy atom. The number of nitrogens with zero attached hydrogens (tertiary/aromatic N) is 1. The summed E-state index contributed by atoms with van der Waals surface area (Å²) in [7, 11) is 1.37. The molecule has 5 heteroatoms. The van der Waals surface area contributed by atoms with Crippen LogP contribution in [0.2, 0.25) is 0 Å². The quantitative estimate of drug-likeness (QED) is 0.787. The number of rotatable bonds is 4. The molecule has 5 nitrogen and oxygen atoms in total. The molecule has 0 aliphatic heterocycles. The third kappa shape index (κ3) is 2.84. The van der Waals surface area contributed by atoms with Gasteiger partial charge in [-0.25, -0.2) is 9.78 Å². The summed E-state index contributed by atoms with van der Waals surface area (Å²) < 4.78 is 4.62. The molecule has 0 amide bonds. The standard InChI is InChI=1S/C12H13N3O2/c1-17-12(16)9-2-4-10(5-3-9)15-8-11-13-6-7-14-11/h2-7,15H,8H2,1H3,(H,13,14). The smallest absolute Gasteiger partial charge is 0.337 e. The number of nitrogens with one attached hydrogen (secondary N) is 2. The fourth-order valence-electron chi connectivity index (χ4n) is 1.42. The van der Waals surface area contributed by atoms with Gasteiger partial charge in [-0.05, 0) is 24.3 Å². The monoisotopic (exact) mass is 231 g/mol. The Labute approximate surface area is 98.8 Å². The van der Waals surface area contributed by atoms with Crippen molar-refractivity contribution < 1.29 is 9.53 Å². The van der Waals surface area contributed by atoms with Gasteiger partial charge < -0.3 is 15.0 Å². The largest absolute Gasteiger partial charge is 0.465 e. The first-order valence-corrected chi connectivity index (χ1v) is 5.20. The Balaban J connectivity index is 1.96. The molecule has 0 aliphatic carbocycles. The molecular weight excluding hydrogens is 218 g/mol. The molecule has 0 fully saturated rings. The second kappa shape index (κ2) is 5.16. The van der Waals surface area contributed by atoms with E-state index in [9.17, 15) is 4.79 Å². The topological polar surface area (TPSA) is 67.0 Å². The molecular formula is C12H13N3O2. The second-order valence-corrected chi connectivity index (χ2v) is 3.46. The first-order chi connectivity index (χ1) is 8.29. The Morgan fingerprint density at radius 2 is 2.18 bits per heavy atom. The van der Waals surface area contributed by atoms with Gasteiger partial charge in [0, 0.05) is 18.1 Å². The Hall–Kier alpha value is -2.30. The van der Waals surface area contributed by atoms with Crippen LogP contribution in [0.1, 0.15) is 16.2 Å². The summed E-state index contributed by atoms with van der Waals surface area (Å²) in [6.45, 7) is 0.616. The first kappa shape index (κ1) is 11.2. The van der Waals surface area contributed by atoms with Crippen molar-refractivity contribution in [2.45, 2.75) is 6.54 Å². The normalized spacial score (nSPS) is 9.94. The van der Waals surface area contributed by atoms with E-state index in [1.54, 1.807) is 24.5 Å². The van der Waals surface area contributed by atoms with Gasteiger partial charge in [0.1, 0.15) is 5.82 Å². The molecule has 1 aromatic heterocycles. The molecule has 0 saturated carbocycles. The van der Waals surface area contributed by atoms with Crippen LogP contribution in [-0.2, 0) is 11.3 Å². The number of H-pyrrole nitrogens is 1. The number of aromatic amines is 1. The van der Waals surface area contributed by atoms with E-state index < -0.39 is 0 Å². The molecule has 1 aromatic carbocycles. The molecule has 17 heavy (non-hydrogen) atoms. The predicted octanol–water partition coefficient (Wildman–Crippen LogP) is 1.81. The highest BCUT2D eigenvalue weighted by Crippen LogP contribution is 2.10. The van der Waals surface area contributed by atoms with Crippen molar-refractivity contribution in [2.75, 3.05) is 12.4 Å². The van der Waals surface area contributed by atoms with Gasteiger partial charge in [0.15, 0.2) is 0 Å². The third-order valence-electron chi connectivity index (χ3n) is 2.32. The van der Waals surface area contributed by atoms with E-state index in [2.05, 4.69) is 20.0 Å². The van der Waals surface area contributed by atoms with Gasteiger partial charge in [0.2, 0.25) is 0 Å². The summed E-state index contributed by atoms with van der Waals surface area (Å²) in [6.07, 6.45) is 3.48. The van der Waals surface area contributed by atoms with Gasteiger partial charge in [-0.3, -0.25) is 0 Å². The van der Waals surface area contributed by atoms with Gasteiger partial charge in [-0.15, -0.1) is 0 Å². The number of aromatic nitrogens is 2. The van der Waals surface area contributed by atoms with E-state index in [4.69, 9.17) is 0 Å². The number of benzene rings is 1. The van der Waals surface area contributed by atoms with Crippen LogP contribution >= 0.6 is 0 Å². The summed E-state index contributed by atoms with van der Waals surface area (Å²) in [5, 5.41) is 3.19. The molecule has 0 atom stereocenters. The van der Waals surface area contributed by atoms with Crippen molar-refractivity contribution in [2.24, 2.45) is 0 Å². The maximum absolute atomic E-state index is 11.2. The predicted molar refractivity (Wildman–Crippen MR) is 63.7 cm³/mol. The zero-order chi connectivity index (χ0) is 12.1. The molecule has 2 aromatic rings. The van der Waals surface area contributed by atoms with E-state index in [1.807, 2.05) is 12.1 Å². The molecule has 88 valence electrons. The number of imidazole rings is 1. The SMILES string of the molecule is COC(=O)c1ccc(NCc2ncc[nH]2)cc1. The number of carbonyl (C=O) groups excluding carboxylic acids is 1. The minimum absolute atomic E-state index is 0.331. The average Bonchev–Trinajstić information content (AvgIpc) is 2.89. The molecule has 0 bridgehead atoms. The van der Waals surface area contributed by atoms with Crippen LogP contribution in [0, 0.1) is 0 Å². The number of esters is 1. The average molecular weight is 231 g/mol. The lowest BCUT2D eigenvalue weighted by Gasteiger charge is -2.05. The Morgan fingerprint density at radius 1 is 1.41 bits per heavy atom. The fraction of sp³-hybridized carbons (Fsp3) is 0.167. The van der Waals surface area contributed by atoms with Gasteiger partial charge >= 0.3 is 5.97 Å². The highest BCUT2D eigenvalue weighted by molar-refractivity contribution is 5.89. The minimum atomic E-state index is -0.331. The maximum atomic E-state index is 11.2. The lowest BCUT2D eigenvalue weighted by Crippen LogP contribution is -2.03. The van der Waals surface area contributed by atoms with Crippen LogP contribution in [0.25, 0.3) is 0 Å². The summed E-state index contributed by atoms with van der Waals surface area (Å²) in [5.41, 5.74) is 1.46. The summed E-state index contributed by atoms with van der Waals surface area (Å²) in [5.74, 6) is 0.532. The summed E-state index contributed by atoms with van der Waals surface area (Å²) >= 11 is 0. The lowest BCUT2D eigenvalue weighted by atomic mass is 10.2. The zero-order valence-corrected chi connectivity index (χ0v) is 9.43. The first-order valence-electron chi connectivity index (χ1n) is 5.20. The molecule has 0 unspecified atom stereocenters. The van der Waals surface area contributed by atoms with Crippen LogP contribution < -0.4 is 5.32 Å². The van der Waals surface area contributed by atoms with E-state index in [0.717, 1.165) is 11.5 Å². The van der Waals surface area contributed by atoms with Crippen LogP contribution in [-0.4, -0.2) is 23.0 Å². The van der Waals surface area contributed by atoms with Crippen molar-refractivity contribution in [1.82, 2.24) is 9.97 Å². The number of hydrogen-bond donors (Lipinski definition) is 2. The Bertz CT molecular complexity index is 477. The summed E-state index contributed by atoms with van der Waals surface area (Å²) in [4.78, 5) is 18.3. The third-order valence-corrected chi connectivity index (χ3v) is 2.32. The van der Waals surface area contributed by atoms with Gasteiger partial charge in [0.05, 0.1) is 19.2 Å². The highest BCUT2D eigenvalue weighted by atomic mass is 16.5. The van der Waals surface area contributed by atoms with Crippen LogP contribution in [0.15, 0.2) is 36.7 Å². The fourth-order valence-corrected chi connectivity index (χ4v) is 1.42. The van der Waals surface area contributed by atoms with E-state index in [1.165, 1.54) is 7.11 Å². The van der Waals surface area contributed by atoms with Crippen molar-refractivity contribution in [1.29, 1.82) is 0 Å². The minimum Gasteiger partial charge on any atom is -0.465 e. The molecule has 0 radical (unpaired) electrons. The van der Waals surface area contributed by atoms with E-state index in [-0.39, 0.29) is 5.97 Å². The van der Waals surface area contributed by atoms with Crippen LogP contribution in [0.3, 0.4) is 0 Å². The molecule has 0 saturated heterocycles. The number of ether oxygens (including phenoxy) is 1. The van der Waals surface area contributed by atoms with E-state index >= 15 is 0 Å². The maximum Gasteiger partial charge on any atom is 0.337 e. The second-order valence-electron chi connectivity index (χ2n) is 3.46. The number of carbonyl (C=O) groups is 1. The zero-order valence-electron chi connectivity index (χ0n) is 9.43. The highest BCUT2D eigenvalue weighted by Gasteiger charge is 2.04. The Kier molecular flexibility index (Phi) is 3.40. The van der Waals surface area contributed by atoms with Gasteiger partial charge in [-0.2, -0.15) is 0 Å². The van der Waals surface area contributed by atoms with E-state index in [0.29, 0.717) is 12.1 Å². The lowest BCUT2D eigenvalue weighted by molar-refractivity contribution is 0.0601. The van der Waals surface area contributed by atoms with Crippen molar-refractivity contribution in [3.8, 4) is 0 Å². The van der Waals surface area contributed by atoms with Crippen molar-refractivity contribution in [3.63, 3.8) is 0 Å². The van der Waals surface area contributed by atoms with Gasteiger partial charge in [-0.1, -0.05) is 0 Å². The van der Waals surface area contributed by atoms with Gasteiger partial charge in [0.25, 0.3) is 0 Å². The molecule has 2 rings (SSSR count). The molecule has 0 spiro atoms. The van der Waals surface area contributed by atoms with Crippen molar-refractivity contribution >= 4 is 11.7 Å². The number of hydrogen-bond acceptors (Lipinski definition) is 4. The molecule has 2 N–H and O–H groups in total. The van der Waals surface area contributed by atoms with Crippen LogP contribution in [0.4, 0.5) is 5.69 Å². The number of methoxy groups -OCH3 is 1. The molecule has 0 aliphatic rings.